The Morgan fingerprint density at radius 2 is 1.67 bits per heavy atom. The van der Waals surface area contributed by atoms with E-state index in [1.54, 1.807) is 26.4 Å². The molecule has 0 bridgehead atoms. The third kappa shape index (κ3) is 5.43. The number of hydrogen-bond donors (Lipinski definition) is 1. The maximum Gasteiger partial charge on any atom is 0.240 e. The third-order valence-corrected chi connectivity index (χ3v) is 8.63. The molecule has 7 heteroatoms. The monoisotopic (exact) mass is 508 g/mol. The molecule has 1 aliphatic heterocycles. The average Bonchev–Trinajstić information content (AvgIpc) is 2.88. The Kier molecular flexibility index (Phi) is 8.03. The molecule has 0 radical (unpaired) electrons. The van der Waals surface area contributed by atoms with Crippen LogP contribution in [0.4, 0.5) is 0 Å². The summed E-state index contributed by atoms with van der Waals surface area (Å²) in [4.78, 5) is 2.67. The highest BCUT2D eigenvalue weighted by Gasteiger charge is 2.36. The van der Waals surface area contributed by atoms with Crippen molar-refractivity contribution >= 4 is 10.0 Å². The molecule has 0 amide bonds. The number of fused-ring (bicyclic) bond motifs is 1. The van der Waals surface area contributed by atoms with Crippen LogP contribution in [-0.4, -0.2) is 40.1 Å². The molecule has 0 fully saturated rings. The Morgan fingerprint density at radius 3 is 2.31 bits per heavy atom. The number of sulfonamides is 1. The van der Waals surface area contributed by atoms with Crippen LogP contribution in [0.2, 0.25) is 0 Å². The molecule has 0 spiro atoms. The molecular weight excluding hydrogens is 472 g/mol. The summed E-state index contributed by atoms with van der Waals surface area (Å²) in [7, 11) is -0.438. The van der Waals surface area contributed by atoms with Crippen molar-refractivity contribution in [3.8, 4) is 11.5 Å². The molecule has 6 nitrogen and oxygen atoms in total. The summed E-state index contributed by atoms with van der Waals surface area (Å²) in [5, 5.41) is 0. The molecule has 0 aliphatic carbocycles. The summed E-state index contributed by atoms with van der Waals surface area (Å²) in [5.41, 5.74) is 5.72. The van der Waals surface area contributed by atoms with E-state index in [-0.39, 0.29) is 17.0 Å². The number of ether oxygens (including phenoxy) is 2. The van der Waals surface area contributed by atoms with Gasteiger partial charge >= 0.3 is 0 Å². The van der Waals surface area contributed by atoms with Gasteiger partial charge in [-0.2, -0.15) is 0 Å². The number of methoxy groups -OCH3 is 2. The number of benzene rings is 3. The summed E-state index contributed by atoms with van der Waals surface area (Å²) < 4.78 is 41.1. The minimum absolute atomic E-state index is 0.168. The highest BCUT2D eigenvalue weighted by molar-refractivity contribution is 7.89. The quantitative estimate of drug-likeness (QED) is 0.432. The first-order valence-electron chi connectivity index (χ1n) is 12.4. The van der Waals surface area contributed by atoms with E-state index in [2.05, 4.69) is 34.7 Å². The standard InChI is InChI=1S/C29H36N2O4S/c1-6-26(30-36(32,33)24-13-11-20(2)12-14-24)29-25-18-28(35-5)27(34-4)17-22(25)15-16-31(29)19-23-10-8-7-9-21(23)3/h7-14,17-18,26,29-30H,6,15-16,19H2,1-5H3. The highest BCUT2D eigenvalue weighted by Crippen LogP contribution is 2.41. The summed E-state index contributed by atoms with van der Waals surface area (Å²) in [5.74, 6) is 1.34. The number of nitrogens with zero attached hydrogens (tertiary/aromatic N) is 1. The van der Waals surface area contributed by atoms with Crippen LogP contribution in [0.5, 0.6) is 11.5 Å². The molecule has 192 valence electrons. The number of aryl methyl sites for hydroxylation is 2. The van der Waals surface area contributed by atoms with E-state index in [4.69, 9.17) is 9.47 Å². The van der Waals surface area contributed by atoms with Crippen LogP contribution in [0.3, 0.4) is 0 Å². The van der Waals surface area contributed by atoms with Crippen molar-refractivity contribution in [2.24, 2.45) is 0 Å². The van der Waals surface area contributed by atoms with Crippen molar-refractivity contribution in [3.63, 3.8) is 0 Å². The van der Waals surface area contributed by atoms with Crippen LogP contribution in [0.15, 0.2) is 65.6 Å². The lowest BCUT2D eigenvalue weighted by molar-refractivity contribution is 0.142. The van der Waals surface area contributed by atoms with Crippen LogP contribution >= 0.6 is 0 Å². The van der Waals surface area contributed by atoms with Gasteiger partial charge in [0.05, 0.1) is 25.2 Å². The molecule has 36 heavy (non-hydrogen) atoms. The molecule has 1 aliphatic rings. The van der Waals surface area contributed by atoms with Crippen LogP contribution in [0.1, 0.15) is 47.2 Å². The molecule has 3 aromatic carbocycles. The third-order valence-electron chi connectivity index (χ3n) is 7.12. The largest absolute Gasteiger partial charge is 0.493 e. The van der Waals surface area contributed by atoms with Gasteiger partial charge in [0.15, 0.2) is 11.5 Å². The fraction of sp³-hybridized carbons (Fsp3) is 0.379. The van der Waals surface area contributed by atoms with Crippen LogP contribution in [0, 0.1) is 13.8 Å². The van der Waals surface area contributed by atoms with Gasteiger partial charge in [-0.25, -0.2) is 13.1 Å². The summed E-state index contributed by atoms with van der Waals surface area (Å²) in [6.45, 7) is 7.64. The van der Waals surface area contributed by atoms with E-state index in [0.29, 0.717) is 17.9 Å². The average molecular weight is 509 g/mol. The van der Waals surface area contributed by atoms with E-state index in [9.17, 15) is 8.42 Å². The molecule has 0 aromatic heterocycles. The minimum Gasteiger partial charge on any atom is -0.493 e. The lowest BCUT2D eigenvalue weighted by Gasteiger charge is -2.42. The Hall–Kier alpha value is -2.87. The zero-order valence-electron chi connectivity index (χ0n) is 21.7. The molecule has 3 aromatic rings. The van der Waals surface area contributed by atoms with Gasteiger partial charge in [-0.3, -0.25) is 4.90 Å². The molecule has 0 saturated carbocycles. The van der Waals surface area contributed by atoms with Gasteiger partial charge in [0, 0.05) is 19.1 Å². The molecule has 0 saturated heterocycles. The Morgan fingerprint density at radius 1 is 1.00 bits per heavy atom. The van der Waals surface area contributed by atoms with E-state index in [0.717, 1.165) is 36.2 Å². The van der Waals surface area contributed by atoms with E-state index in [1.165, 1.54) is 11.1 Å². The van der Waals surface area contributed by atoms with E-state index in [1.807, 2.05) is 44.2 Å². The molecule has 1 heterocycles. The van der Waals surface area contributed by atoms with Gasteiger partial charge in [-0.1, -0.05) is 48.9 Å². The number of hydrogen-bond acceptors (Lipinski definition) is 5. The van der Waals surface area contributed by atoms with Gasteiger partial charge in [-0.15, -0.1) is 0 Å². The first-order chi connectivity index (χ1) is 17.3. The summed E-state index contributed by atoms with van der Waals surface area (Å²) >= 11 is 0. The van der Waals surface area contributed by atoms with Crippen molar-refractivity contribution in [1.29, 1.82) is 0 Å². The van der Waals surface area contributed by atoms with Crippen molar-refractivity contribution in [3.05, 3.63) is 88.5 Å². The Bertz CT molecular complexity index is 1310. The number of rotatable bonds is 9. The zero-order valence-corrected chi connectivity index (χ0v) is 22.6. The smallest absolute Gasteiger partial charge is 0.240 e. The van der Waals surface area contributed by atoms with Gasteiger partial charge in [0.2, 0.25) is 10.0 Å². The van der Waals surface area contributed by atoms with Crippen molar-refractivity contribution in [1.82, 2.24) is 9.62 Å². The van der Waals surface area contributed by atoms with Gasteiger partial charge < -0.3 is 9.47 Å². The topological polar surface area (TPSA) is 67.9 Å². The van der Waals surface area contributed by atoms with Crippen LogP contribution < -0.4 is 14.2 Å². The van der Waals surface area contributed by atoms with Crippen LogP contribution in [0.25, 0.3) is 0 Å². The molecule has 2 atom stereocenters. The van der Waals surface area contributed by atoms with Crippen molar-refractivity contribution < 1.29 is 17.9 Å². The first kappa shape index (κ1) is 26.2. The number of nitrogens with one attached hydrogen (secondary N) is 1. The van der Waals surface area contributed by atoms with Crippen molar-refractivity contribution in [2.75, 3.05) is 20.8 Å². The van der Waals surface area contributed by atoms with Gasteiger partial charge in [0.25, 0.3) is 0 Å². The zero-order chi connectivity index (χ0) is 25.9. The molecule has 2 unspecified atom stereocenters. The first-order valence-corrected chi connectivity index (χ1v) is 13.9. The predicted molar refractivity (Wildman–Crippen MR) is 143 cm³/mol. The lowest BCUT2D eigenvalue weighted by Crippen LogP contribution is -2.48. The fourth-order valence-corrected chi connectivity index (χ4v) is 6.36. The summed E-state index contributed by atoms with van der Waals surface area (Å²) in [6, 6.07) is 18.9. The van der Waals surface area contributed by atoms with Crippen LogP contribution in [-0.2, 0) is 23.0 Å². The van der Waals surface area contributed by atoms with E-state index >= 15 is 0 Å². The summed E-state index contributed by atoms with van der Waals surface area (Å²) in [6.07, 6.45) is 1.48. The molecular formula is C29H36N2O4S. The maximum absolute atomic E-state index is 13.4. The van der Waals surface area contributed by atoms with E-state index < -0.39 is 10.0 Å². The normalized spacial score (nSPS) is 16.9. The predicted octanol–water partition coefficient (Wildman–Crippen LogP) is 5.18. The Labute approximate surface area is 215 Å². The van der Waals surface area contributed by atoms with Crippen molar-refractivity contribution in [2.45, 2.75) is 57.1 Å². The lowest BCUT2D eigenvalue weighted by atomic mass is 9.86. The van der Waals surface area contributed by atoms with Gasteiger partial charge in [-0.05, 0) is 73.2 Å². The second kappa shape index (κ2) is 11.0. The van der Waals surface area contributed by atoms with Gasteiger partial charge in [0.1, 0.15) is 0 Å². The second-order valence-corrected chi connectivity index (χ2v) is 11.2. The second-order valence-electron chi connectivity index (χ2n) is 9.45. The fourth-order valence-electron chi connectivity index (χ4n) is 5.04. The highest BCUT2D eigenvalue weighted by atomic mass is 32.2. The minimum atomic E-state index is -3.71. The SMILES string of the molecule is CCC(NS(=O)(=O)c1ccc(C)cc1)C1c2cc(OC)c(OC)cc2CCN1Cc1ccccc1C. The maximum atomic E-state index is 13.4. The molecule has 1 N–H and O–H groups in total. The molecule has 4 rings (SSSR count). The Balaban J connectivity index is 1.77.